The number of carbonyl (C=O) groups is 1. The molecule has 0 unspecified atom stereocenters. The van der Waals surface area contributed by atoms with E-state index in [0.717, 1.165) is 0 Å². The van der Waals surface area contributed by atoms with Crippen LogP contribution < -0.4 is 11.1 Å². The van der Waals surface area contributed by atoms with E-state index in [1.54, 1.807) is 0 Å². The molecule has 0 radical (unpaired) electrons. The quantitative estimate of drug-likeness (QED) is 0.754. The molecule has 3 N–H and O–H groups in total. The fraction of sp³-hybridized carbons (Fsp3) is 0.500. The van der Waals surface area contributed by atoms with Crippen LogP contribution in [0.1, 0.15) is 36.8 Å². The monoisotopic (exact) mass is 376 g/mol. The van der Waals surface area contributed by atoms with Gasteiger partial charge in [-0.3, -0.25) is 4.79 Å². The standard InChI is InChI=1S/C14H14F6N2O.ClH/c15-13(16,17)8-5-9(14(18,19)20)7-10(6-8)22-11(23)12(21)3-1-2-4-12;/h5-7H,1-4,21H2,(H,22,23);1H. The van der Waals surface area contributed by atoms with Crippen LogP contribution in [0.4, 0.5) is 32.0 Å². The molecule has 0 bridgehead atoms. The minimum atomic E-state index is -4.96. The number of rotatable bonds is 2. The van der Waals surface area contributed by atoms with Crippen LogP contribution in [0, 0.1) is 0 Å². The lowest BCUT2D eigenvalue weighted by atomic mass is 9.97. The van der Waals surface area contributed by atoms with Gasteiger partial charge >= 0.3 is 12.4 Å². The van der Waals surface area contributed by atoms with E-state index in [9.17, 15) is 31.1 Å². The summed E-state index contributed by atoms with van der Waals surface area (Å²) in [6.45, 7) is 0. The van der Waals surface area contributed by atoms with Crippen LogP contribution in [0.25, 0.3) is 0 Å². The fourth-order valence-electron chi connectivity index (χ4n) is 2.52. The highest BCUT2D eigenvalue weighted by molar-refractivity contribution is 5.98. The first-order valence-corrected chi connectivity index (χ1v) is 6.82. The number of anilines is 1. The molecule has 24 heavy (non-hydrogen) atoms. The molecule has 1 saturated carbocycles. The minimum absolute atomic E-state index is 0. The number of halogens is 7. The molecule has 0 heterocycles. The Morgan fingerprint density at radius 3 is 1.75 bits per heavy atom. The zero-order valence-corrected chi connectivity index (χ0v) is 13.0. The van der Waals surface area contributed by atoms with Crippen molar-refractivity contribution in [3.63, 3.8) is 0 Å². The molecule has 10 heteroatoms. The predicted octanol–water partition coefficient (Wildman–Crippen LogP) is 4.36. The van der Waals surface area contributed by atoms with E-state index < -0.39 is 40.6 Å². The summed E-state index contributed by atoms with van der Waals surface area (Å²) in [7, 11) is 0. The molecule has 1 aromatic carbocycles. The summed E-state index contributed by atoms with van der Waals surface area (Å²) in [6, 6.07) is 0.931. The maximum absolute atomic E-state index is 12.7. The third-order valence-corrected chi connectivity index (χ3v) is 3.79. The molecule has 3 nitrogen and oxygen atoms in total. The van der Waals surface area contributed by atoms with Crippen molar-refractivity contribution >= 4 is 24.0 Å². The van der Waals surface area contributed by atoms with Crippen LogP contribution >= 0.6 is 12.4 Å². The molecule has 0 aromatic heterocycles. The summed E-state index contributed by atoms with van der Waals surface area (Å²) in [5.74, 6) is -0.776. The van der Waals surface area contributed by atoms with Crippen LogP contribution in [0.3, 0.4) is 0 Å². The van der Waals surface area contributed by atoms with Gasteiger partial charge in [0, 0.05) is 5.69 Å². The third-order valence-electron chi connectivity index (χ3n) is 3.79. The number of nitrogens with one attached hydrogen (secondary N) is 1. The first-order chi connectivity index (χ1) is 10.4. The van der Waals surface area contributed by atoms with E-state index in [2.05, 4.69) is 5.32 Å². The molecule has 136 valence electrons. The van der Waals surface area contributed by atoms with Gasteiger partial charge < -0.3 is 11.1 Å². The minimum Gasteiger partial charge on any atom is -0.324 e. The van der Waals surface area contributed by atoms with Gasteiger partial charge in [0.2, 0.25) is 5.91 Å². The lowest BCUT2D eigenvalue weighted by Gasteiger charge is -2.23. The molecular weight excluding hydrogens is 362 g/mol. The van der Waals surface area contributed by atoms with Crippen LogP contribution in [-0.2, 0) is 17.1 Å². The normalized spacial score (nSPS) is 17.3. The second-order valence-corrected chi connectivity index (χ2v) is 5.61. The van der Waals surface area contributed by atoms with Crippen LogP contribution in [0.15, 0.2) is 18.2 Å². The Labute approximate surface area is 140 Å². The van der Waals surface area contributed by atoms with Gasteiger partial charge in [-0.25, -0.2) is 0 Å². The second-order valence-electron chi connectivity index (χ2n) is 5.61. The SMILES string of the molecule is Cl.NC1(C(=O)Nc2cc(C(F)(F)F)cc(C(F)(F)F)c2)CCCC1. The number of hydrogen-bond acceptors (Lipinski definition) is 2. The van der Waals surface area contributed by atoms with Crippen LogP contribution in [0.5, 0.6) is 0 Å². The van der Waals surface area contributed by atoms with E-state index in [1.807, 2.05) is 0 Å². The Bertz CT molecular complexity index is 576. The number of amides is 1. The Balaban J connectivity index is 0.00000288. The average Bonchev–Trinajstić information content (AvgIpc) is 2.84. The van der Waals surface area contributed by atoms with E-state index in [4.69, 9.17) is 5.73 Å². The summed E-state index contributed by atoms with van der Waals surface area (Å²) in [5.41, 5.74) is 1.04. The van der Waals surface area contributed by atoms with E-state index >= 15 is 0 Å². The van der Waals surface area contributed by atoms with Crippen molar-refractivity contribution in [2.24, 2.45) is 5.73 Å². The van der Waals surface area contributed by atoms with Crippen molar-refractivity contribution in [3.8, 4) is 0 Å². The Morgan fingerprint density at radius 2 is 1.38 bits per heavy atom. The summed E-state index contributed by atoms with van der Waals surface area (Å²) in [6.07, 6.45) is -7.89. The van der Waals surface area contributed by atoms with Crippen molar-refractivity contribution in [3.05, 3.63) is 29.3 Å². The molecule has 0 spiro atoms. The summed E-state index contributed by atoms with van der Waals surface area (Å²) >= 11 is 0. The van der Waals surface area contributed by atoms with Crippen molar-refractivity contribution in [1.29, 1.82) is 0 Å². The number of carbonyl (C=O) groups excluding carboxylic acids is 1. The first-order valence-electron chi connectivity index (χ1n) is 6.82. The first kappa shape index (κ1) is 20.6. The molecule has 1 aliphatic rings. The Morgan fingerprint density at radius 1 is 0.958 bits per heavy atom. The zero-order chi connectivity index (χ0) is 17.5. The van der Waals surface area contributed by atoms with Gasteiger partial charge in [0.15, 0.2) is 0 Å². The van der Waals surface area contributed by atoms with Gasteiger partial charge in [0.25, 0.3) is 0 Å². The fourth-order valence-corrected chi connectivity index (χ4v) is 2.52. The lowest BCUT2D eigenvalue weighted by molar-refractivity contribution is -0.143. The number of alkyl halides is 6. The molecule has 2 rings (SSSR count). The number of benzene rings is 1. The van der Waals surface area contributed by atoms with E-state index in [-0.39, 0.29) is 18.5 Å². The van der Waals surface area contributed by atoms with Crippen LogP contribution in [-0.4, -0.2) is 11.4 Å². The topological polar surface area (TPSA) is 55.1 Å². The zero-order valence-electron chi connectivity index (χ0n) is 12.2. The van der Waals surface area contributed by atoms with E-state index in [0.29, 0.717) is 37.8 Å². The van der Waals surface area contributed by atoms with Gasteiger partial charge in [0.05, 0.1) is 16.7 Å². The molecule has 1 aromatic rings. The van der Waals surface area contributed by atoms with Crippen molar-refractivity contribution < 1.29 is 31.1 Å². The molecule has 0 aliphatic heterocycles. The predicted molar refractivity (Wildman–Crippen MR) is 77.7 cm³/mol. The molecular formula is C14H15ClF6N2O. The molecule has 1 aliphatic carbocycles. The van der Waals surface area contributed by atoms with Gasteiger partial charge in [-0.2, -0.15) is 26.3 Å². The smallest absolute Gasteiger partial charge is 0.324 e. The average molecular weight is 377 g/mol. The Kier molecular flexibility index (Phi) is 5.82. The third kappa shape index (κ3) is 4.54. The van der Waals surface area contributed by atoms with Crippen molar-refractivity contribution in [2.75, 3.05) is 5.32 Å². The molecule has 1 amide bonds. The van der Waals surface area contributed by atoms with Gasteiger partial charge in [0.1, 0.15) is 0 Å². The summed E-state index contributed by atoms with van der Waals surface area (Å²) in [5, 5.41) is 2.09. The summed E-state index contributed by atoms with van der Waals surface area (Å²) < 4.78 is 76.5. The highest BCUT2D eigenvalue weighted by atomic mass is 35.5. The summed E-state index contributed by atoms with van der Waals surface area (Å²) in [4.78, 5) is 12.1. The van der Waals surface area contributed by atoms with Gasteiger partial charge in [-0.05, 0) is 31.0 Å². The van der Waals surface area contributed by atoms with Crippen molar-refractivity contribution in [2.45, 2.75) is 43.6 Å². The molecule has 0 saturated heterocycles. The lowest BCUT2D eigenvalue weighted by Crippen LogP contribution is -2.48. The van der Waals surface area contributed by atoms with Gasteiger partial charge in [-0.15, -0.1) is 12.4 Å². The Hall–Kier alpha value is -1.48. The maximum Gasteiger partial charge on any atom is 0.416 e. The highest BCUT2D eigenvalue weighted by Crippen LogP contribution is 2.38. The number of nitrogens with two attached hydrogens (primary N) is 1. The number of hydrogen-bond donors (Lipinski definition) is 2. The van der Waals surface area contributed by atoms with E-state index in [1.165, 1.54) is 0 Å². The second kappa shape index (κ2) is 6.79. The van der Waals surface area contributed by atoms with Crippen molar-refractivity contribution in [1.82, 2.24) is 0 Å². The molecule has 1 fully saturated rings. The van der Waals surface area contributed by atoms with Crippen LogP contribution in [0.2, 0.25) is 0 Å². The van der Waals surface area contributed by atoms with Gasteiger partial charge in [-0.1, -0.05) is 12.8 Å². The molecule has 0 atom stereocenters. The largest absolute Gasteiger partial charge is 0.416 e. The maximum atomic E-state index is 12.7. The highest BCUT2D eigenvalue weighted by Gasteiger charge is 2.39.